The third-order valence-electron chi connectivity index (χ3n) is 5.84. The minimum Gasteiger partial charge on any atom is -0.497 e. The van der Waals surface area contributed by atoms with Gasteiger partial charge in [-0.1, -0.05) is 13.0 Å². The quantitative estimate of drug-likeness (QED) is 0.522. The molecule has 2 aliphatic heterocycles. The molecule has 2 N–H and O–H groups in total. The SMILES string of the molecule is CCSC1(CNC(=NC)NC2CCCN(c3cccc(OC)c3)C2)CCOCC1. The molecule has 2 heterocycles. The molecule has 0 aromatic heterocycles. The number of methoxy groups -OCH3 is 1. The zero-order valence-electron chi connectivity index (χ0n) is 18.1. The molecule has 0 amide bonds. The Kier molecular flexibility index (Phi) is 8.36. The number of thioether (sulfide) groups is 1. The maximum atomic E-state index is 5.59. The Morgan fingerprint density at radius 2 is 2.21 bits per heavy atom. The van der Waals surface area contributed by atoms with Crippen LogP contribution in [0.1, 0.15) is 32.6 Å². The molecule has 7 heteroatoms. The van der Waals surface area contributed by atoms with Crippen molar-refractivity contribution in [1.82, 2.24) is 10.6 Å². The van der Waals surface area contributed by atoms with Gasteiger partial charge in [0.05, 0.1) is 7.11 Å². The third-order valence-corrected chi connectivity index (χ3v) is 7.29. The van der Waals surface area contributed by atoms with Crippen LogP contribution in [0.15, 0.2) is 29.3 Å². The first kappa shape index (κ1) is 22.1. The summed E-state index contributed by atoms with van der Waals surface area (Å²) in [4.78, 5) is 6.93. The largest absolute Gasteiger partial charge is 0.497 e. The van der Waals surface area contributed by atoms with E-state index in [1.54, 1.807) is 7.11 Å². The molecule has 0 bridgehead atoms. The van der Waals surface area contributed by atoms with E-state index in [2.05, 4.69) is 57.4 Å². The molecule has 1 atom stereocenters. The van der Waals surface area contributed by atoms with E-state index in [0.717, 1.165) is 69.6 Å². The number of nitrogens with one attached hydrogen (secondary N) is 2. The van der Waals surface area contributed by atoms with Crippen molar-refractivity contribution in [2.45, 2.75) is 43.4 Å². The zero-order chi connectivity index (χ0) is 20.5. The highest BCUT2D eigenvalue weighted by atomic mass is 32.2. The molecule has 0 spiro atoms. The standard InChI is InChI=1S/C22H36N4O2S/c1-4-29-22(10-13-28-14-11-22)17-24-21(23-2)25-18-7-6-12-26(16-18)19-8-5-9-20(15-19)27-3/h5,8-9,15,18H,4,6-7,10-14,16-17H2,1-3H3,(H2,23,24,25). The van der Waals surface area contributed by atoms with Crippen molar-refractivity contribution in [3.8, 4) is 5.75 Å². The minimum absolute atomic E-state index is 0.254. The number of benzene rings is 1. The van der Waals surface area contributed by atoms with E-state index in [-0.39, 0.29) is 4.75 Å². The fourth-order valence-electron chi connectivity index (χ4n) is 4.19. The maximum absolute atomic E-state index is 5.59. The first-order valence-corrected chi connectivity index (χ1v) is 11.7. The van der Waals surface area contributed by atoms with Crippen LogP contribution in [-0.4, -0.2) is 69.5 Å². The van der Waals surface area contributed by atoms with Crippen LogP contribution in [0.3, 0.4) is 0 Å². The molecule has 29 heavy (non-hydrogen) atoms. The van der Waals surface area contributed by atoms with Gasteiger partial charge in [0.1, 0.15) is 5.75 Å². The van der Waals surface area contributed by atoms with Crippen molar-refractivity contribution < 1.29 is 9.47 Å². The highest BCUT2D eigenvalue weighted by Gasteiger charge is 2.33. The molecule has 1 aromatic rings. The molecule has 2 aliphatic rings. The molecule has 0 aliphatic carbocycles. The molecular weight excluding hydrogens is 384 g/mol. The molecule has 1 unspecified atom stereocenters. The molecule has 3 rings (SSSR count). The fraction of sp³-hybridized carbons (Fsp3) is 0.682. The topological polar surface area (TPSA) is 58.1 Å². The van der Waals surface area contributed by atoms with Crippen molar-refractivity contribution in [2.24, 2.45) is 4.99 Å². The second-order valence-corrected chi connectivity index (χ2v) is 9.52. The summed E-state index contributed by atoms with van der Waals surface area (Å²) in [5.41, 5.74) is 1.22. The van der Waals surface area contributed by atoms with Gasteiger partial charge >= 0.3 is 0 Å². The van der Waals surface area contributed by atoms with Crippen molar-refractivity contribution in [3.05, 3.63) is 24.3 Å². The summed E-state index contributed by atoms with van der Waals surface area (Å²) in [5, 5.41) is 7.27. The van der Waals surface area contributed by atoms with Crippen LogP contribution >= 0.6 is 11.8 Å². The van der Waals surface area contributed by atoms with Gasteiger partial charge in [0.2, 0.25) is 0 Å². The Hall–Kier alpha value is -1.60. The number of ether oxygens (including phenoxy) is 2. The molecule has 0 radical (unpaired) electrons. The Morgan fingerprint density at radius 3 is 2.93 bits per heavy atom. The van der Waals surface area contributed by atoms with Gasteiger partial charge in [-0.2, -0.15) is 11.8 Å². The van der Waals surface area contributed by atoms with E-state index in [1.165, 1.54) is 12.1 Å². The molecule has 2 fully saturated rings. The summed E-state index contributed by atoms with van der Waals surface area (Å²) in [7, 11) is 3.58. The van der Waals surface area contributed by atoms with Crippen LogP contribution in [0.4, 0.5) is 5.69 Å². The predicted molar refractivity (Wildman–Crippen MR) is 124 cm³/mol. The van der Waals surface area contributed by atoms with E-state index in [4.69, 9.17) is 9.47 Å². The van der Waals surface area contributed by atoms with Crippen LogP contribution in [0, 0.1) is 0 Å². The Bertz CT molecular complexity index is 658. The molecule has 1 aromatic carbocycles. The van der Waals surface area contributed by atoms with Gasteiger partial charge in [0, 0.05) is 62.4 Å². The highest BCUT2D eigenvalue weighted by molar-refractivity contribution is 8.00. The number of hydrogen-bond acceptors (Lipinski definition) is 5. The Morgan fingerprint density at radius 1 is 1.38 bits per heavy atom. The van der Waals surface area contributed by atoms with Gasteiger partial charge in [-0.3, -0.25) is 4.99 Å². The number of nitrogens with zero attached hydrogens (tertiary/aromatic N) is 2. The van der Waals surface area contributed by atoms with Gasteiger partial charge < -0.3 is 25.0 Å². The smallest absolute Gasteiger partial charge is 0.191 e. The lowest BCUT2D eigenvalue weighted by Crippen LogP contribution is -2.54. The Labute approximate surface area is 179 Å². The number of piperidine rings is 1. The van der Waals surface area contributed by atoms with Crippen LogP contribution in [0.25, 0.3) is 0 Å². The van der Waals surface area contributed by atoms with Crippen molar-refractivity contribution >= 4 is 23.4 Å². The van der Waals surface area contributed by atoms with Gasteiger partial charge in [-0.15, -0.1) is 0 Å². The van der Waals surface area contributed by atoms with Gasteiger partial charge in [-0.25, -0.2) is 0 Å². The van der Waals surface area contributed by atoms with Gasteiger partial charge in [-0.05, 0) is 43.6 Å². The number of hydrogen-bond donors (Lipinski definition) is 2. The summed E-state index contributed by atoms with van der Waals surface area (Å²) in [6, 6.07) is 8.71. The van der Waals surface area contributed by atoms with E-state index in [0.29, 0.717) is 6.04 Å². The van der Waals surface area contributed by atoms with Gasteiger partial charge in [0.25, 0.3) is 0 Å². The summed E-state index contributed by atoms with van der Waals surface area (Å²) >= 11 is 2.05. The second-order valence-electron chi connectivity index (χ2n) is 7.79. The number of anilines is 1. The zero-order valence-corrected chi connectivity index (χ0v) is 18.9. The first-order valence-electron chi connectivity index (χ1n) is 10.8. The van der Waals surface area contributed by atoms with E-state index in [9.17, 15) is 0 Å². The Balaban J connectivity index is 1.55. The third kappa shape index (κ3) is 6.19. The van der Waals surface area contributed by atoms with Crippen LogP contribution in [0.5, 0.6) is 5.75 Å². The van der Waals surface area contributed by atoms with Crippen molar-refractivity contribution in [1.29, 1.82) is 0 Å². The lowest BCUT2D eigenvalue weighted by molar-refractivity contribution is 0.0782. The molecule has 0 saturated carbocycles. The fourth-order valence-corrected chi connectivity index (χ4v) is 5.43. The van der Waals surface area contributed by atoms with Crippen LogP contribution in [0.2, 0.25) is 0 Å². The van der Waals surface area contributed by atoms with E-state index >= 15 is 0 Å². The summed E-state index contributed by atoms with van der Waals surface area (Å²) in [6.07, 6.45) is 4.52. The predicted octanol–water partition coefficient (Wildman–Crippen LogP) is 3.13. The normalized spacial score (nSPS) is 22.2. The number of rotatable bonds is 7. The van der Waals surface area contributed by atoms with E-state index < -0.39 is 0 Å². The molecule has 162 valence electrons. The van der Waals surface area contributed by atoms with Crippen LogP contribution in [-0.2, 0) is 4.74 Å². The molecule has 2 saturated heterocycles. The van der Waals surface area contributed by atoms with Crippen molar-refractivity contribution in [3.63, 3.8) is 0 Å². The summed E-state index contributed by atoms with van der Waals surface area (Å²) < 4.78 is 11.2. The first-order chi connectivity index (χ1) is 14.2. The highest BCUT2D eigenvalue weighted by Crippen LogP contribution is 2.34. The number of aliphatic imine (C=N–C) groups is 1. The minimum atomic E-state index is 0.254. The molecule has 6 nitrogen and oxygen atoms in total. The van der Waals surface area contributed by atoms with Crippen LogP contribution < -0.4 is 20.3 Å². The average molecular weight is 421 g/mol. The number of guanidine groups is 1. The van der Waals surface area contributed by atoms with Crippen molar-refractivity contribution in [2.75, 3.05) is 57.7 Å². The lowest BCUT2D eigenvalue weighted by atomic mass is 9.99. The maximum Gasteiger partial charge on any atom is 0.191 e. The van der Waals surface area contributed by atoms with Gasteiger partial charge in [0.15, 0.2) is 5.96 Å². The second kappa shape index (κ2) is 11.0. The monoisotopic (exact) mass is 420 g/mol. The van der Waals surface area contributed by atoms with E-state index in [1.807, 2.05) is 13.1 Å². The average Bonchev–Trinajstić information content (AvgIpc) is 2.78. The summed E-state index contributed by atoms with van der Waals surface area (Å²) in [5.74, 6) is 2.95. The lowest BCUT2D eigenvalue weighted by Gasteiger charge is -2.38. The molecular formula is C22H36N4O2S. The summed E-state index contributed by atoms with van der Waals surface area (Å²) in [6.45, 7) is 6.94.